The Labute approximate surface area is 166 Å². The van der Waals surface area contributed by atoms with Gasteiger partial charge in [-0.05, 0) is 12.1 Å². The van der Waals surface area contributed by atoms with Gasteiger partial charge in [-0.25, -0.2) is 0 Å². The Morgan fingerprint density at radius 2 is 1.93 bits per heavy atom. The van der Waals surface area contributed by atoms with Crippen LogP contribution in [0.3, 0.4) is 0 Å². The number of piperidine rings is 1. The summed E-state index contributed by atoms with van der Waals surface area (Å²) < 4.78 is 6.01. The van der Waals surface area contributed by atoms with Crippen molar-refractivity contribution in [2.75, 3.05) is 20.1 Å². The average molecular weight is 403 g/mol. The Bertz CT molecular complexity index is 1110. The van der Waals surface area contributed by atoms with Crippen molar-refractivity contribution in [2.24, 2.45) is 0 Å². The molecular weight excluding hydrogens is 382 g/mol. The molecule has 146 valence electrons. The van der Waals surface area contributed by atoms with Gasteiger partial charge in [-0.2, -0.15) is 0 Å². The second-order valence-corrected chi connectivity index (χ2v) is 7.77. The molecule has 1 aliphatic rings. The molecule has 6 nitrogen and oxygen atoms in total. The lowest BCUT2D eigenvalue weighted by molar-refractivity contribution is -0.888. The molecule has 28 heavy (non-hydrogen) atoms. The predicted molar refractivity (Wildman–Crippen MR) is 106 cm³/mol. The van der Waals surface area contributed by atoms with Crippen molar-refractivity contribution in [1.82, 2.24) is 0 Å². The van der Waals surface area contributed by atoms with Crippen molar-refractivity contribution in [1.29, 1.82) is 0 Å². The second kappa shape index (κ2) is 7.13. The van der Waals surface area contributed by atoms with Crippen molar-refractivity contribution < 1.29 is 24.6 Å². The van der Waals surface area contributed by atoms with Crippen LogP contribution >= 0.6 is 11.6 Å². The zero-order chi connectivity index (χ0) is 20.0. The van der Waals surface area contributed by atoms with Crippen LogP contribution in [-0.2, 0) is 0 Å². The molecule has 0 amide bonds. The van der Waals surface area contributed by atoms with Gasteiger partial charge in [0.15, 0.2) is 5.43 Å². The third-order valence-electron chi connectivity index (χ3n) is 5.41. The summed E-state index contributed by atoms with van der Waals surface area (Å²) in [6, 6.07) is 9.37. The lowest BCUT2D eigenvalue weighted by atomic mass is 9.85. The average Bonchev–Trinajstić information content (AvgIpc) is 2.63. The van der Waals surface area contributed by atoms with E-state index in [0.29, 0.717) is 29.1 Å². The number of aromatic hydroxyl groups is 2. The highest BCUT2D eigenvalue weighted by Gasteiger charge is 2.35. The number of aliphatic hydroxyl groups is 1. The van der Waals surface area contributed by atoms with Crippen LogP contribution < -0.4 is 10.3 Å². The number of likely N-dealkylation sites (N-methyl/N-ethyl adjacent to an activating group) is 1. The van der Waals surface area contributed by atoms with E-state index in [1.807, 2.05) is 7.05 Å². The summed E-state index contributed by atoms with van der Waals surface area (Å²) in [4.78, 5) is 14.0. The Morgan fingerprint density at radius 1 is 1.18 bits per heavy atom. The molecule has 0 radical (unpaired) electrons. The molecule has 0 spiro atoms. The molecule has 3 aromatic rings. The number of hydrogen-bond acceptors (Lipinski definition) is 5. The SMILES string of the molecule is C[NH+]1CCC(c2c(O)cc(O)c3c(=O)cc(-c4ccccc4Cl)oc23)C(O)C1. The molecule has 7 heteroatoms. The molecule has 2 aromatic carbocycles. The van der Waals surface area contributed by atoms with Crippen molar-refractivity contribution in [3.8, 4) is 22.8 Å². The van der Waals surface area contributed by atoms with Gasteiger partial charge in [0.1, 0.15) is 40.9 Å². The number of phenols is 2. The minimum atomic E-state index is -0.707. The van der Waals surface area contributed by atoms with Crippen molar-refractivity contribution in [3.63, 3.8) is 0 Å². The van der Waals surface area contributed by atoms with Crippen molar-refractivity contribution in [2.45, 2.75) is 18.4 Å². The van der Waals surface area contributed by atoms with E-state index in [2.05, 4.69) is 0 Å². The topological polar surface area (TPSA) is 95.3 Å². The maximum atomic E-state index is 12.8. The van der Waals surface area contributed by atoms with Gasteiger partial charge < -0.3 is 24.6 Å². The number of rotatable bonds is 2. The molecule has 4 rings (SSSR count). The summed E-state index contributed by atoms with van der Waals surface area (Å²) in [5, 5.41) is 31.8. The third-order valence-corrected chi connectivity index (χ3v) is 5.74. The predicted octanol–water partition coefficient (Wildman–Crippen LogP) is 1.89. The van der Waals surface area contributed by atoms with Gasteiger partial charge in [0.2, 0.25) is 0 Å². The van der Waals surface area contributed by atoms with E-state index in [0.717, 1.165) is 12.6 Å². The van der Waals surface area contributed by atoms with Crippen molar-refractivity contribution >= 4 is 22.6 Å². The first-order chi connectivity index (χ1) is 13.4. The van der Waals surface area contributed by atoms with Crippen LogP contribution in [-0.4, -0.2) is 41.6 Å². The lowest BCUT2D eigenvalue weighted by Gasteiger charge is -2.32. The number of aliphatic hydroxyl groups excluding tert-OH is 1. The van der Waals surface area contributed by atoms with Crippen LogP contribution in [0.5, 0.6) is 11.5 Å². The van der Waals surface area contributed by atoms with Gasteiger partial charge in [-0.15, -0.1) is 0 Å². The number of benzene rings is 2. The number of likely N-dealkylation sites (tertiary alicyclic amines) is 1. The van der Waals surface area contributed by atoms with Gasteiger partial charge in [0.25, 0.3) is 0 Å². The molecule has 1 aliphatic heterocycles. The van der Waals surface area contributed by atoms with Crippen LogP contribution in [0.4, 0.5) is 0 Å². The summed E-state index contributed by atoms with van der Waals surface area (Å²) >= 11 is 6.25. The van der Waals surface area contributed by atoms with Crippen LogP contribution in [0.25, 0.3) is 22.3 Å². The molecule has 3 atom stereocenters. The van der Waals surface area contributed by atoms with E-state index in [9.17, 15) is 20.1 Å². The molecule has 1 saturated heterocycles. The van der Waals surface area contributed by atoms with E-state index in [1.165, 1.54) is 11.0 Å². The maximum Gasteiger partial charge on any atom is 0.197 e. The number of nitrogens with one attached hydrogen (secondary N) is 1. The second-order valence-electron chi connectivity index (χ2n) is 7.36. The van der Waals surface area contributed by atoms with Gasteiger partial charge in [-0.3, -0.25) is 4.79 Å². The highest BCUT2D eigenvalue weighted by Crippen LogP contribution is 2.42. The number of fused-ring (bicyclic) bond motifs is 1. The van der Waals surface area contributed by atoms with E-state index in [1.54, 1.807) is 24.3 Å². The number of halogens is 1. The van der Waals surface area contributed by atoms with E-state index in [4.69, 9.17) is 16.0 Å². The van der Waals surface area contributed by atoms with Gasteiger partial charge >= 0.3 is 0 Å². The first kappa shape index (κ1) is 18.8. The molecule has 1 fully saturated rings. The molecule has 3 unspecified atom stereocenters. The standard InChI is InChI=1S/C21H20ClNO5/c1-23-7-6-12(17(27)10-23)19-14(24)8-15(25)20-16(26)9-18(28-21(19)20)11-4-2-3-5-13(11)22/h2-5,8-9,12,17,24-25,27H,6-7,10H2,1H3/p+1. The normalized spacial score (nSPS) is 22.5. The Balaban J connectivity index is 2.00. The summed E-state index contributed by atoms with van der Waals surface area (Å²) in [6.45, 7) is 1.32. The molecule has 0 saturated carbocycles. The van der Waals surface area contributed by atoms with Crippen molar-refractivity contribution in [3.05, 3.63) is 57.2 Å². The summed E-state index contributed by atoms with van der Waals surface area (Å²) in [6.07, 6.45) is -0.0952. The van der Waals surface area contributed by atoms with E-state index in [-0.39, 0.29) is 28.2 Å². The Morgan fingerprint density at radius 3 is 2.64 bits per heavy atom. The van der Waals surface area contributed by atoms with Gasteiger partial charge in [0, 0.05) is 35.6 Å². The molecule has 2 heterocycles. The summed E-state index contributed by atoms with van der Waals surface area (Å²) in [5.41, 5.74) is 0.524. The van der Waals surface area contributed by atoms with Crippen LogP contribution in [0.1, 0.15) is 17.9 Å². The van der Waals surface area contributed by atoms with E-state index >= 15 is 0 Å². The third kappa shape index (κ3) is 3.13. The summed E-state index contributed by atoms with van der Waals surface area (Å²) in [7, 11) is 1.99. The van der Waals surface area contributed by atoms with Gasteiger partial charge in [0.05, 0.1) is 18.6 Å². The Kier molecular flexibility index (Phi) is 4.79. The monoisotopic (exact) mass is 402 g/mol. The first-order valence-electron chi connectivity index (χ1n) is 9.13. The zero-order valence-corrected chi connectivity index (χ0v) is 16.0. The largest absolute Gasteiger partial charge is 0.507 e. The fourth-order valence-electron chi connectivity index (χ4n) is 4.01. The zero-order valence-electron chi connectivity index (χ0n) is 15.3. The summed E-state index contributed by atoms with van der Waals surface area (Å²) in [5.74, 6) is -0.726. The number of hydrogen-bond donors (Lipinski definition) is 4. The van der Waals surface area contributed by atoms with Gasteiger partial charge in [-0.1, -0.05) is 23.7 Å². The number of phenolic OH excluding ortho intramolecular Hbond substituents is 2. The van der Waals surface area contributed by atoms with Crippen LogP contribution in [0.15, 0.2) is 45.6 Å². The fourth-order valence-corrected chi connectivity index (χ4v) is 4.23. The molecular formula is C21H21ClNO5+. The highest BCUT2D eigenvalue weighted by molar-refractivity contribution is 6.33. The van der Waals surface area contributed by atoms with E-state index < -0.39 is 17.5 Å². The van der Waals surface area contributed by atoms with Crippen LogP contribution in [0, 0.1) is 0 Å². The molecule has 0 aliphatic carbocycles. The highest BCUT2D eigenvalue weighted by atomic mass is 35.5. The fraction of sp³-hybridized carbons (Fsp3) is 0.286. The quantitative estimate of drug-likeness (QED) is 0.525. The molecule has 4 N–H and O–H groups in total. The first-order valence-corrected chi connectivity index (χ1v) is 9.51. The molecule has 1 aromatic heterocycles. The maximum absolute atomic E-state index is 12.8. The minimum Gasteiger partial charge on any atom is -0.507 e. The van der Waals surface area contributed by atoms with Crippen LogP contribution in [0.2, 0.25) is 5.02 Å². The smallest absolute Gasteiger partial charge is 0.197 e. The Hall–Kier alpha value is -2.54. The minimum absolute atomic E-state index is 0.0120. The molecule has 0 bridgehead atoms. The number of quaternary nitrogens is 1. The lowest BCUT2D eigenvalue weighted by Crippen LogP contribution is -3.11.